The maximum atomic E-state index is 11.1. The van der Waals surface area contributed by atoms with Crippen LogP contribution in [-0.2, 0) is 13.0 Å². The standard InChI is InChI=1S/C12H16N6O2/c13-4-3-10-11(12(19)20)15-16-18(10)6-9-5-14-7-17(9)8-1-2-8/h5,7-8H,1-4,6,13H2,(H,19,20). The summed E-state index contributed by atoms with van der Waals surface area (Å²) in [5.41, 5.74) is 7.09. The Bertz CT molecular complexity index is 628. The average molecular weight is 276 g/mol. The lowest BCUT2D eigenvalue weighted by molar-refractivity contribution is 0.0689. The van der Waals surface area contributed by atoms with Gasteiger partial charge in [0.25, 0.3) is 0 Å². The molecule has 2 aromatic heterocycles. The average Bonchev–Trinajstić information content (AvgIpc) is 3.03. The van der Waals surface area contributed by atoms with E-state index in [0.717, 1.165) is 18.5 Å². The van der Waals surface area contributed by atoms with Crippen molar-refractivity contribution < 1.29 is 9.90 Å². The molecular formula is C12H16N6O2. The van der Waals surface area contributed by atoms with Crippen LogP contribution in [0.4, 0.5) is 0 Å². The van der Waals surface area contributed by atoms with Crippen LogP contribution < -0.4 is 5.73 Å². The van der Waals surface area contributed by atoms with E-state index in [4.69, 9.17) is 10.8 Å². The van der Waals surface area contributed by atoms with Crippen LogP contribution in [0.25, 0.3) is 0 Å². The monoisotopic (exact) mass is 276 g/mol. The Labute approximate surface area is 115 Å². The number of aromatic carboxylic acids is 1. The number of hydrogen-bond acceptors (Lipinski definition) is 5. The highest BCUT2D eigenvalue weighted by Gasteiger charge is 2.26. The summed E-state index contributed by atoms with van der Waals surface area (Å²) in [6.07, 6.45) is 6.36. The third kappa shape index (κ3) is 2.29. The molecule has 0 unspecified atom stereocenters. The smallest absolute Gasteiger partial charge is 0.358 e. The molecule has 0 spiro atoms. The predicted molar refractivity (Wildman–Crippen MR) is 69.3 cm³/mol. The van der Waals surface area contributed by atoms with Gasteiger partial charge >= 0.3 is 5.97 Å². The number of rotatable bonds is 6. The Hall–Kier alpha value is -2.22. The van der Waals surface area contributed by atoms with Gasteiger partial charge in [0.15, 0.2) is 5.69 Å². The molecule has 0 radical (unpaired) electrons. The Balaban J connectivity index is 1.89. The minimum absolute atomic E-state index is 0.0204. The zero-order valence-electron chi connectivity index (χ0n) is 10.9. The van der Waals surface area contributed by atoms with Crippen molar-refractivity contribution in [3.8, 4) is 0 Å². The second-order valence-electron chi connectivity index (χ2n) is 4.91. The van der Waals surface area contributed by atoms with E-state index in [1.807, 2.05) is 6.33 Å². The fraction of sp³-hybridized carbons (Fsp3) is 0.500. The summed E-state index contributed by atoms with van der Waals surface area (Å²) in [4.78, 5) is 15.3. The van der Waals surface area contributed by atoms with E-state index in [1.165, 1.54) is 0 Å². The lowest BCUT2D eigenvalue weighted by Crippen LogP contribution is -2.15. The maximum absolute atomic E-state index is 11.1. The second-order valence-corrected chi connectivity index (χ2v) is 4.91. The summed E-state index contributed by atoms with van der Waals surface area (Å²) >= 11 is 0. The highest BCUT2D eigenvalue weighted by atomic mass is 16.4. The van der Waals surface area contributed by atoms with Crippen molar-refractivity contribution in [2.45, 2.75) is 31.8 Å². The first-order valence-electron chi connectivity index (χ1n) is 6.57. The summed E-state index contributed by atoms with van der Waals surface area (Å²) in [5, 5.41) is 16.8. The van der Waals surface area contributed by atoms with Crippen molar-refractivity contribution in [1.29, 1.82) is 0 Å². The van der Waals surface area contributed by atoms with E-state index in [0.29, 0.717) is 31.2 Å². The fourth-order valence-corrected chi connectivity index (χ4v) is 2.30. The van der Waals surface area contributed by atoms with Crippen molar-refractivity contribution in [2.24, 2.45) is 5.73 Å². The van der Waals surface area contributed by atoms with Crippen molar-refractivity contribution in [3.63, 3.8) is 0 Å². The van der Waals surface area contributed by atoms with Gasteiger partial charge in [0.2, 0.25) is 0 Å². The third-order valence-corrected chi connectivity index (χ3v) is 3.42. The van der Waals surface area contributed by atoms with Gasteiger partial charge in [-0.15, -0.1) is 5.10 Å². The lowest BCUT2D eigenvalue weighted by atomic mass is 10.2. The van der Waals surface area contributed by atoms with E-state index >= 15 is 0 Å². The van der Waals surface area contributed by atoms with E-state index in [2.05, 4.69) is 19.9 Å². The van der Waals surface area contributed by atoms with Gasteiger partial charge in [-0.25, -0.2) is 14.5 Å². The highest BCUT2D eigenvalue weighted by molar-refractivity contribution is 5.86. The zero-order valence-corrected chi connectivity index (χ0v) is 10.9. The normalized spacial score (nSPS) is 14.7. The molecule has 8 nitrogen and oxygen atoms in total. The Morgan fingerprint density at radius 3 is 2.95 bits per heavy atom. The molecule has 0 bridgehead atoms. The lowest BCUT2D eigenvalue weighted by Gasteiger charge is -2.08. The molecule has 1 fully saturated rings. The molecule has 0 aliphatic heterocycles. The summed E-state index contributed by atoms with van der Waals surface area (Å²) in [6, 6.07) is 0.521. The molecule has 0 atom stereocenters. The minimum Gasteiger partial charge on any atom is -0.476 e. The molecule has 0 saturated heterocycles. The van der Waals surface area contributed by atoms with Crippen molar-refractivity contribution >= 4 is 5.97 Å². The van der Waals surface area contributed by atoms with Crippen LogP contribution in [0.1, 0.15) is 40.8 Å². The van der Waals surface area contributed by atoms with Crippen molar-refractivity contribution in [3.05, 3.63) is 29.6 Å². The van der Waals surface area contributed by atoms with E-state index in [-0.39, 0.29) is 5.69 Å². The Morgan fingerprint density at radius 2 is 2.30 bits per heavy atom. The van der Waals surface area contributed by atoms with Gasteiger partial charge in [0.05, 0.1) is 30.5 Å². The summed E-state index contributed by atoms with van der Waals surface area (Å²) in [7, 11) is 0. The van der Waals surface area contributed by atoms with Crippen LogP contribution >= 0.6 is 0 Å². The van der Waals surface area contributed by atoms with E-state index < -0.39 is 5.97 Å². The molecule has 1 saturated carbocycles. The summed E-state index contributed by atoms with van der Waals surface area (Å²) in [5.74, 6) is -1.07. The number of nitrogens with zero attached hydrogens (tertiary/aromatic N) is 5. The second kappa shape index (κ2) is 5.04. The van der Waals surface area contributed by atoms with Gasteiger partial charge in [0, 0.05) is 12.5 Å². The van der Waals surface area contributed by atoms with Crippen LogP contribution in [0.3, 0.4) is 0 Å². The van der Waals surface area contributed by atoms with E-state index in [1.54, 1.807) is 10.9 Å². The van der Waals surface area contributed by atoms with Crippen LogP contribution in [0.5, 0.6) is 0 Å². The fourth-order valence-electron chi connectivity index (χ4n) is 2.30. The van der Waals surface area contributed by atoms with Gasteiger partial charge in [-0.3, -0.25) is 0 Å². The minimum atomic E-state index is -1.07. The quantitative estimate of drug-likeness (QED) is 0.771. The first-order chi connectivity index (χ1) is 9.70. The first-order valence-corrected chi connectivity index (χ1v) is 6.57. The molecule has 2 aromatic rings. The number of aromatic nitrogens is 5. The summed E-state index contributed by atoms with van der Waals surface area (Å²) < 4.78 is 3.72. The molecule has 2 heterocycles. The van der Waals surface area contributed by atoms with Crippen molar-refractivity contribution in [1.82, 2.24) is 24.5 Å². The number of nitrogens with two attached hydrogens (primary N) is 1. The number of imidazole rings is 1. The molecule has 1 aliphatic carbocycles. The first kappa shape index (κ1) is 12.8. The van der Waals surface area contributed by atoms with Crippen LogP contribution in [-0.4, -0.2) is 42.2 Å². The molecule has 0 amide bonds. The Kier molecular flexibility index (Phi) is 3.23. The van der Waals surface area contributed by atoms with Crippen molar-refractivity contribution in [2.75, 3.05) is 6.54 Å². The molecule has 20 heavy (non-hydrogen) atoms. The third-order valence-electron chi connectivity index (χ3n) is 3.42. The number of carbonyl (C=O) groups is 1. The zero-order chi connectivity index (χ0) is 14.1. The number of hydrogen-bond donors (Lipinski definition) is 2. The van der Waals surface area contributed by atoms with Crippen LogP contribution in [0.15, 0.2) is 12.5 Å². The maximum Gasteiger partial charge on any atom is 0.358 e. The molecule has 3 rings (SSSR count). The van der Waals surface area contributed by atoms with E-state index in [9.17, 15) is 4.79 Å². The number of carboxylic acid groups (broad SMARTS) is 1. The molecule has 1 aliphatic rings. The van der Waals surface area contributed by atoms with Gasteiger partial charge in [0.1, 0.15) is 0 Å². The topological polar surface area (TPSA) is 112 Å². The van der Waals surface area contributed by atoms with Crippen LogP contribution in [0.2, 0.25) is 0 Å². The van der Waals surface area contributed by atoms with Gasteiger partial charge in [-0.1, -0.05) is 5.21 Å². The molecular weight excluding hydrogens is 260 g/mol. The summed E-state index contributed by atoms with van der Waals surface area (Å²) in [6.45, 7) is 0.821. The molecule has 0 aromatic carbocycles. The van der Waals surface area contributed by atoms with Gasteiger partial charge in [-0.05, 0) is 19.4 Å². The highest BCUT2D eigenvalue weighted by Crippen LogP contribution is 2.35. The largest absolute Gasteiger partial charge is 0.476 e. The SMILES string of the molecule is NCCc1c(C(=O)O)nnn1Cc1cncn1C1CC1. The van der Waals surface area contributed by atoms with Gasteiger partial charge < -0.3 is 15.4 Å². The molecule has 106 valence electrons. The number of carboxylic acids is 1. The Morgan fingerprint density at radius 1 is 1.50 bits per heavy atom. The van der Waals surface area contributed by atoms with Crippen LogP contribution in [0, 0.1) is 0 Å². The molecule has 3 N–H and O–H groups in total. The van der Waals surface area contributed by atoms with Gasteiger partial charge in [-0.2, -0.15) is 0 Å². The molecule has 8 heteroatoms. The predicted octanol–water partition coefficient (Wildman–Crippen LogP) is 0.0572.